The first-order valence-electron chi connectivity index (χ1n) is 6.01. The van der Waals surface area contributed by atoms with Gasteiger partial charge in [0.1, 0.15) is 5.82 Å². The molecular formula is C15H14Cl2FN. The van der Waals surface area contributed by atoms with E-state index in [-0.39, 0.29) is 11.9 Å². The third-order valence-electron chi connectivity index (χ3n) is 2.78. The van der Waals surface area contributed by atoms with Gasteiger partial charge in [0.15, 0.2) is 0 Å². The topological polar surface area (TPSA) is 12.0 Å². The summed E-state index contributed by atoms with van der Waals surface area (Å²) < 4.78 is 13.1. The molecule has 2 aromatic carbocycles. The van der Waals surface area contributed by atoms with Crippen molar-refractivity contribution in [3.63, 3.8) is 0 Å². The standard InChI is InChI=1S/C15H14Cl2FN/c1-10(8-11-4-2-5-12(18)9-11)19-15-13(16)6-3-7-14(15)17/h2-7,9-10,19H,8H2,1H3. The zero-order chi connectivity index (χ0) is 13.8. The van der Waals surface area contributed by atoms with E-state index < -0.39 is 0 Å². The molecule has 0 aliphatic carbocycles. The molecule has 4 heteroatoms. The Morgan fingerprint density at radius 1 is 1.11 bits per heavy atom. The summed E-state index contributed by atoms with van der Waals surface area (Å²) in [5.74, 6) is -0.222. The van der Waals surface area contributed by atoms with Gasteiger partial charge in [-0.1, -0.05) is 41.4 Å². The smallest absolute Gasteiger partial charge is 0.123 e. The Kier molecular flexibility index (Phi) is 4.67. The summed E-state index contributed by atoms with van der Waals surface area (Å²) in [4.78, 5) is 0. The highest BCUT2D eigenvalue weighted by Gasteiger charge is 2.09. The molecule has 0 aliphatic rings. The molecule has 0 bridgehead atoms. The lowest BCUT2D eigenvalue weighted by Gasteiger charge is -2.17. The molecule has 0 fully saturated rings. The molecule has 0 heterocycles. The van der Waals surface area contributed by atoms with Gasteiger partial charge in [-0.25, -0.2) is 4.39 Å². The molecule has 1 N–H and O–H groups in total. The van der Waals surface area contributed by atoms with Crippen LogP contribution in [0, 0.1) is 5.82 Å². The van der Waals surface area contributed by atoms with Crippen LogP contribution in [0.5, 0.6) is 0 Å². The second kappa shape index (κ2) is 6.27. The van der Waals surface area contributed by atoms with Gasteiger partial charge in [0.2, 0.25) is 0 Å². The maximum Gasteiger partial charge on any atom is 0.123 e. The van der Waals surface area contributed by atoms with Crippen LogP contribution in [0.25, 0.3) is 0 Å². The largest absolute Gasteiger partial charge is 0.380 e. The number of halogens is 3. The first-order chi connectivity index (χ1) is 9.06. The van der Waals surface area contributed by atoms with Gasteiger partial charge < -0.3 is 5.32 Å². The molecule has 2 aromatic rings. The Balaban J connectivity index is 2.07. The summed E-state index contributed by atoms with van der Waals surface area (Å²) in [6.45, 7) is 2.00. The van der Waals surface area contributed by atoms with Crippen molar-refractivity contribution in [2.75, 3.05) is 5.32 Å². The Hall–Kier alpha value is -1.25. The zero-order valence-electron chi connectivity index (χ0n) is 10.5. The predicted molar refractivity (Wildman–Crippen MR) is 79.7 cm³/mol. The summed E-state index contributed by atoms with van der Waals surface area (Å²) in [7, 11) is 0. The summed E-state index contributed by atoms with van der Waals surface area (Å²) in [5.41, 5.74) is 1.65. The second-order valence-corrected chi connectivity index (χ2v) is 5.29. The molecule has 0 saturated heterocycles. The van der Waals surface area contributed by atoms with E-state index >= 15 is 0 Å². The van der Waals surface area contributed by atoms with Crippen LogP contribution in [0.4, 0.5) is 10.1 Å². The van der Waals surface area contributed by atoms with E-state index in [1.807, 2.05) is 13.0 Å². The Morgan fingerprint density at radius 2 is 1.74 bits per heavy atom. The van der Waals surface area contributed by atoms with Crippen LogP contribution in [-0.2, 0) is 6.42 Å². The van der Waals surface area contributed by atoms with Crippen LogP contribution in [0.2, 0.25) is 10.0 Å². The van der Waals surface area contributed by atoms with E-state index in [0.29, 0.717) is 16.5 Å². The van der Waals surface area contributed by atoms with Crippen molar-refractivity contribution in [2.45, 2.75) is 19.4 Å². The minimum Gasteiger partial charge on any atom is -0.380 e. The number of hydrogen-bond acceptors (Lipinski definition) is 1. The minimum atomic E-state index is -0.222. The fourth-order valence-corrected chi connectivity index (χ4v) is 2.46. The van der Waals surface area contributed by atoms with Crippen molar-refractivity contribution in [1.82, 2.24) is 0 Å². The van der Waals surface area contributed by atoms with Crippen LogP contribution < -0.4 is 5.32 Å². The van der Waals surface area contributed by atoms with Crippen LogP contribution in [0.15, 0.2) is 42.5 Å². The average molecular weight is 298 g/mol. The number of nitrogens with one attached hydrogen (secondary N) is 1. The molecule has 0 aliphatic heterocycles. The summed E-state index contributed by atoms with van der Waals surface area (Å²) >= 11 is 12.2. The Bertz CT molecular complexity index is 552. The molecule has 19 heavy (non-hydrogen) atoms. The molecule has 0 radical (unpaired) electrons. The lowest BCUT2D eigenvalue weighted by Crippen LogP contribution is -2.18. The maximum absolute atomic E-state index is 13.1. The second-order valence-electron chi connectivity index (χ2n) is 4.48. The van der Waals surface area contributed by atoms with Gasteiger partial charge in [-0.3, -0.25) is 0 Å². The highest BCUT2D eigenvalue weighted by Crippen LogP contribution is 2.30. The molecule has 100 valence electrons. The van der Waals surface area contributed by atoms with Crippen molar-refractivity contribution in [3.05, 3.63) is 63.9 Å². The number of hydrogen-bond donors (Lipinski definition) is 1. The zero-order valence-corrected chi connectivity index (χ0v) is 12.0. The van der Waals surface area contributed by atoms with Crippen molar-refractivity contribution in [1.29, 1.82) is 0 Å². The highest BCUT2D eigenvalue weighted by molar-refractivity contribution is 6.39. The fourth-order valence-electron chi connectivity index (χ4n) is 1.95. The average Bonchev–Trinajstić information content (AvgIpc) is 2.34. The number of para-hydroxylation sites is 1. The van der Waals surface area contributed by atoms with Crippen molar-refractivity contribution < 1.29 is 4.39 Å². The monoisotopic (exact) mass is 297 g/mol. The van der Waals surface area contributed by atoms with Gasteiger partial charge in [-0.15, -0.1) is 0 Å². The normalized spacial score (nSPS) is 12.2. The van der Waals surface area contributed by atoms with E-state index in [9.17, 15) is 4.39 Å². The van der Waals surface area contributed by atoms with E-state index in [2.05, 4.69) is 5.32 Å². The molecule has 1 unspecified atom stereocenters. The Morgan fingerprint density at radius 3 is 2.37 bits per heavy atom. The summed E-state index contributed by atoms with van der Waals surface area (Å²) in [6, 6.07) is 12.0. The summed E-state index contributed by atoms with van der Waals surface area (Å²) in [6.07, 6.45) is 0.694. The minimum absolute atomic E-state index is 0.0965. The van der Waals surface area contributed by atoms with Gasteiger partial charge in [0.05, 0.1) is 15.7 Å². The molecule has 0 spiro atoms. The van der Waals surface area contributed by atoms with Gasteiger partial charge in [0, 0.05) is 6.04 Å². The first kappa shape index (κ1) is 14.2. The van der Waals surface area contributed by atoms with Crippen LogP contribution in [0.1, 0.15) is 12.5 Å². The SMILES string of the molecule is CC(Cc1cccc(F)c1)Nc1c(Cl)cccc1Cl. The van der Waals surface area contributed by atoms with E-state index in [1.54, 1.807) is 24.3 Å². The maximum atomic E-state index is 13.1. The van der Waals surface area contributed by atoms with E-state index in [1.165, 1.54) is 12.1 Å². The number of benzene rings is 2. The van der Waals surface area contributed by atoms with Gasteiger partial charge in [-0.2, -0.15) is 0 Å². The molecule has 1 nitrogen and oxygen atoms in total. The van der Waals surface area contributed by atoms with Crippen LogP contribution in [-0.4, -0.2) is 6.04 Å². The van der Waals surface area contributed by atoms with E-state index in [4.69, 9.17) is 23.2 Å². The highest BCUT2D eigenvalue weighted by atomic mass is 35.5. The molecular weight excluding hydrogens is 284 g/mol. The van der Waals surface area contributed by atoms with Crippen LogP contribution >= 0.6 is 23.2 Å². The van der Waals surface area contributed by atoms with Gasteiger partial charge >= 0.3 is 0 Å². The molecule has 0 saturated carbocycles. The predicted octanol–water partition coefficient (Wildman–Crippen LogP) is 5.18. The molecule has 0 amide bonds. The Labute approximate surface area is 122 Å². The fraction of sp³-hybridized carbons (Fsp3) is 0.200. The third kappa shape index (κ3) is 3.85. The number of rotatable bonds is 4. The summed E-state index contributed by atoms with van der Waals surface area (Å²) in [5, 5.41) is 4.42. The van der Waals surface area contributed by atoms with Gasteiger partial charge in [0.25, 0.3) is 0 Å². The van der Waals surface area contributed by atoms with Crippen molar-refractivity contribution >= 4 is 28.9 Å². The first-order valence-corrected chi connectivity index (χ1v) is 6.77. The number of anilines is 1. The molecule has 2 rings (SSSR count). The molecule has 1 atom stereocenters. The van der Waals surface area contributed by atoms with Crippen molar-refractivity contribution in [3.8, 4) is 0 Å². The van der Waals surface area contributed by atoms with E-state index in [0.717, 1.165) is 11.3 Å². The lowest BCUT2D eigenvalue weighted by molar-refractivity contribution is 0.624. The van der Waals surface area contributed by atoms with Crippen LogP contribution in [0.3, 0.4) is 0 Å². The molecule has 0 aromatic heterocycles. The van der Waals surface area contributed by atoms with Gasteiger partial charge in [-0.05, 0) is 43.2 Å². The lowest BCUT2D eigenvalue weighted by atomic mass is 10.1. The quantitative estimate of drug-likeness (QED) is 0.820. The third-order valence-corrected chi connectivity index (χ3v) is 3.41. The van der Waals surface area contributed by atoms with Crippen molar-refractivity contribution in [2.24, 2.45) is 0 Å².